The van der Waals surface area contributed by atoms with Crippen LogP contribution < -0.4 is 15.8 Å². The lowest BCUT2D eigenvalue weighted by Crippen LogP contribution is -2.46. The van der Waals surface area contributed by atoms with Crippen molar-refractivity contribution in [3.63, 3.8) is 0 Å². The minimum atomic E-state index is 0.0302. The molecule has 1 saturated heterocycles. The number of nitriles is 1. The molecule has 0 radical (unpaired) electrons. The Morgan fingerprint density at radius 1 is 1.13 bits per heavy atom. The number of piperazine rings is 1. The third-order valence-corrected chi connectivity index (χ3v) is 6.03. The van der Waals surface area contributed by atoms with Gasteiger partial charge in [-0.05, 0) is 36.6 Å². The van der Waals surface area contributed by atoms with Crippen LogP contribution in [-0.2, 0) is 13.0 Å². The number of aromatic nitrogens is 2. The monoisotopic (exact) mass is 400 g/mol. The van der Waals surface area contributed by atoms with E-state index in [0.29, 0.717) is 5.69 Å². The van der Waals surface area contributed by atoms with Gasteiger partial charge in [-0.1, -0.05) is 18.2 Å². The lowest BCUT2D eigenvalue weighted by atomic mass is 10.0. The molecule has 0 spiro atoms. The molecule has 1 aromatic carbocycles. The number of rotatable bonds is 3. The Balaban J connectivity index is 1.30. The fourth-order valence-electron chi connectivity index (χ4n) is 4.46. The molecule has 1 fully saturated rings. The number of nitrogens with zero attached hydrogens (tertiary/aromatic N) is 4. The van der Waals surface area contributed by atoms with Crippen molar-refractivity contribution in [3.8, 4) is 6.07 Å². The van der Waals surface area contributed by atoms with E-state index in [0.717, 1.165) is 80.1 Å². The summed E-state index contributed by atoms with van der Waals surface area (Å²) >= 11 is 0. The van der Waals surface area contributed by atoms with Gasteiger partial charge in [0.15, 0.2) is 0 Å². The van der Waals surface area contributed by atoms with Gasteiger partial charge < -0.3 is 15.2 Å². The van der Waals surface area contributed by atoms with Crippen molar-refractivity contribution >= 4 is 22.4 Å². The highest BCUT2D eigenvalue weighted by molar-refractivity contribution is 5.93. The van der Waals surface area contributed by atoms with E-state index in [1.165, 1.54) is 5.56 Å². The first-order chi connectivity index (χ1) is 14.7. The molecule has 4 heterocycles. The summed E-state index contributed by atoms with van der Waals surface area (Å²) in [6.45, 7) is 5.39. The number of hydrogen-bond donors (Lipinski definition) is 2. The molecule has 2 aliphatic rings. The maximum absolute atomic E-state index is 12.5. The van der Waals surface area contributed by atoms with Crippen LogP contribution in [0.3, 0.4) is 0 Å². The second-order valence-electron chi connectivity index (χ2n) is 7.97. The molecule has 0 atom stereocenters. The number of pyridine rings is 2. The maximum atomic E-state index is 12.5. The molecular formula is C23H24N6O. The number of benzene rings is 1. The number of hydrogen-bond acceptors (Lipinski definition) is 6. The van der Waals surface area contributed by atoms with Crippen LogP contribution >= 0.6 is 0 Å². The summed E-state index contributed by atoms with van der Waals surface area (Å²) in [5, 5.41) is 13.6. The number of H-pyrrole nitrogens is 1. The van der Waals surface area contributed by atoms with Gasteiger partial charge in [0.2, 0.25) is 0 Å². The summed E-state index contributed by atoms with van der Waals surface area (Å²) in [6.07, 6.45) is 1.84. The number of anilines is 2. The summed E-state index contributed by atoms with van der Waals surface area (Å²) in [4.78, 5) is 24.6. The summed E-state index contributed by atoms with van der Waals surface area (Å²) in [5.74, 6) is 0.870. The average molecular weight is 400 g/mol. The quantitative estimate of drug-likeness (QED) is 0.702. The Labute approximate surface area is 175 Å². The molecule has 7 nitrogen and oxygen atoms in total. The molecule has 0 saturated carbocycles. The Morgan fingerprint density at radius 3 is 2.83 bits per heavy atom. The molecule has 0 amide bonds. The van der Waals surface area contributed by atoms with Gasteiger partial charge in [0.25, 0.3) is 5.56 Å². The van der Waals surface area contributed by atoms with Crippen LogP contribution in [0.1, 0.15) is 23.2 Å². The van der Waals surface area contributed by atoms with Gasteiger partial charge in [-0.25, -0.2) is 4.98 Å². The van der Waals surface area contributed by atoms with Gasteiger partial charge in [0.05, 0.1) is 11.2 Å². The lowest BCUT2D eigenvalue weighted by molar-refractivity contribution is 0.249. The summed E-state index contributed by atoms with van der Waals surface area (Å²) < 4.78 is 0. The Hall–Kier alpha value is -3.37. The molecule has 2 aromatic heterocycles. The third-order valence-electron chi connectivity index (χ3n) is 6.03. The van der Waals surface area contributed by atoms with E-state index >= 15 is 0 Å². The molecule has 5 rings (SSSR count). The van der Waals surface area contributed by atoms with Crippen molar-refractivity contribution in [3.05, 3.63) is 63.6 Å². The van der Waals surface area contributed by atoms with Crippen LogP contribution in [0, 0.1) is 11.3 Å². The highest BCUT2D eigenvalue weighted by Crippen LogP contribution is 2.28. The SMILES string of the molecule is N#Cc1cccc(N2CCN(Cc3ccc4c5c(c(=O)[nH]c4c3)CCCN5)CC2)n1. The topological polar surface area (TPSA) is 88.0 Å². The first-order valence-corrected chi connectivity index (χ1v) is 10.5. The van der Waals surface area contributed by atoms with Crippen LogP contribution in [0.5, 0.6) is 0 Å². The minimum absolute atomic E-state index is 0.0302. The average Bonchev–Trinajstić information content (AvgIpc) is 2.80. The molecule has 152 valence electrons. The minimum Gasteiger partial charge on any atom is -0.384 e. The third kappa shape index (κ3) is 3.51. The molecule has 3 aromatic rings. The van der Waals surface area contributed by atoms with Crippen molar-refractivity contribution in [1.82, 2.24) is 14.9 Å². The van der Waals surface area contributed by atoms with Gasteiger partial charge in [-0.15, -0.1) is 0 Å². The maximum Gasteiger partial charge on any atom is 0.253 e. The zero-order valence-corrected chi connectivity index (χ0v) is 16.8. The Bertz CT molecular complexity index is 1190. The molecule has 0 aliphatic carbocycles. The summed E-state index contributed by atoms with van der Waals surface area (Å²) in [6, 6.07) is 14.1. The van der Waals surface area contributed by atoms with Crippen molar-refractivity contribution < 1.29 is 0 Å². The summed E-state index contributed by atoms with van der Waals surface area (Å²) in [5.41, 5.74) is 4.48. The first kappa shape index (κ1) is 18.6. The zero-order valence-electron chi connectivity index (χ0n) is 16.8. The van der Waals surface area contributed by atoms with Crippen LogP contribution in [0.15, 0.2) is 41.2 Å². The van der Waals surface area contributed by atoms with Crippen LogP contribution in [0.2, 0.25) is 0 Å². The van der Waals surface area contributed by atoms with E-state index in [1.54, 1.807) is 6.07 Å². The number of nitrogens with one attached hydrogen (secondary N) is 2. The van der Waals surface area contributed by atoms with Crippen LogP contribution in [-0.4, -0.2) is 47.6 Å². The van der Waals surface area contributed by atoms with Crippen molar-refractivity contribution in [2.75, 3.05) is 42.9 Å². The smallest absolute Gasteiger partial charge is 0.253 e. The van der Waals surface area contributed by atoms with E-state index in [2.05, 4.69) is 49.4 Å². The van der Waals surface area contributed by atoms with Gasteiger partial charge >= 0.3 is 0 Å². The fraction of sp³-hybridized carbons (Fsp3) is 0.348. The van der Waals surface area contributed by atoms with E-state index in [-0.39, 0.29) is 5.56 Å². The standard InChI is InChI=1S/C23H24N6O/c24-14-17-3-1-5-21(26-17)29-11-9-28(10-12-29)15-16-6-7-18-20(13-16)27-23(30)19-4-2-8-25-22(18)19/h1,3,5-7,13,25H,2,4,8-12,15H2,(H,27,30). The largest absolute Gasteiger partial charge is 0.384 e. The predicted molar refractivity (Wildman–Crippen MR) is 118 cm³/mol. The molecule has 30 heavy (non-hydrogen) atoms. The van der Waals surface area contributed by atoms with Gasteiger partial charge in [-0.2, -0.15) is 5.26 Å². The Morgan fingerprint density at radius 2 is 2.00 bits per heavy atom. The summed E-state index contributed by atoms with van der Waals surface area (Å²) in [7, 11) is 0. The number of aromatic amines is 1. The molecule has 0 bridgehead atoms. The molecule has 7 heteroatoms. The zero-order chi connectivity index (χ0) is 20.5. The molecule has 0 unspecified atom stereocenters. The van der Waals surface area contributed by atoms with Gasteiger partial charge in [-0.3, -0.25) is 9.69 Å². The first-order valence-electron chi connectivity index (χ1n) is 10.5. The van der Waals surface area contributed by atoms with E-state index in [9.17, 15) is 4.79 Å². The lowest BCUT2D eigenvalue weighted by Gasteiger charge is -2.35. The molecule has 2 N–H and O–H groups in total. The highest BCUT2D eigenvalue weighted by atomic mass is 16.1. The fourth-order valence-corrected chi connectivity index (χ4v) is 4.46. The molecular weight excluding hydrogens is 376 g/mol. The predicted octanol–water partition coefficient (Wildman–Crippen LogP) is 2.48. The van der Waals surface area contributed by atoms with Crippen LogP contribution in [0.25, 0.3) is 10.9 Å². The van der Waals surface area contributed by atoms with Gasteiger partial charge in [0.1, 0.15) is 17.6 Å². The molecule has 2 aliphatic heterocycles. The van der Waals surface area contributed by atoms with E-state index < -0.39 is 0 Å². The second kappa shape index (κ2) is 7.81. The second-order valence-corrected chi connectivity index (χ2v) is 7.97. The van der Waals surface area contributed by atoms with Crippen molar-refractivity contribution in [1.29, 1.82) is 5.26 Å². The van der Waals surface area contributed by atoms with E-state index in [1.807, 2.05) is 12.1 Å². The normalized spacial score (nSPS) is 16.7. The highest BCUT2D eigenvalue weighted by Gasteiger charge is 2.20. The van der Waals surface area contributed by atoms with Crippen molar-refractivity contribution in [2.24, 2.45) is 0 Å². The van der Waals surface area contributed by atoms with Crippen molar-refractivity contribution in [2.45, 2.75) is 19.4 Å². The Kier molecular flexibility index (Phi) is 4.85. The number of fused-ring (bicyclic) bond motifs is 3. The van der Waals surface area contributed by atoms with E-state index in [4.69, 9.17) is 5.26 Å². The van der Waals surface area contributed by atoms with Crippen LogP contribution in [0.4, 0.5) is 11.5 Å². The van der Waals surface area contributed by atoms with Gasteiger partial charge in [0, 0.05) is 50.2 Å².